The van der Waals surface area contributed by atoms with Crippen LogP contribution >= 0.6 is 0 Å². The Morgan fingerprint density at radius 1 is 1.30 bits per heavy atom. The van der Waals surface area contributed by atoms with Crippen molar-refractivity contribution in [3.63, 3.8) is 0 Å². The standard InChI is InChI=1S/C15H23N3O2/c1-3-17-8-10-18(11-9-17)15(19)12(2)20-14-7-5-4-6-13(14)16/h4-7,12H,3,8-11,16H2,1-2H3. The molecule has 0 aliphatic carbocycles. The van der Waals surface area contributed by atoms with Crippen LogP contribution in [-0.2, 0) is 4.79 Å². The Hall–Kier alpha value is -1.75. The Bertz CT molecular complexity index is 456. The van der Waals surface area contributed by atoms with E-state index in [0.717, 1.165) is 32.7 Å². The molecule has 2 rings (SSSR count). The van der Waals surface area contributed by atoms with Gasteiger partial charge < -0.3 is 20.3 Å². The predicted molar refractivity (Wildman–Crippen MR) is 79.6 cm³/mol. The number of rotatable bonds is 4. The third kappa shape index (κ3) is 3.42. The number of nitrogen functional groups attached to an aromatic ring is 1. The smallest absolute Gasteiger partial charge is 0.263 e. The summed E-state index contributed by atoms with van der Waals surface area (Å²) in [5.74, 6) is 0.601. The molecule has 5 nitrogen and oxygen atoms in total. The van der Waals surface area contributed by atoms with E-state index in [0.29, 0.717) is 11.4 Å². The van der Waals surface area contributed by atoms with Crippen LogP contribution in [0.5, 0.6) is 5.75 Å². The fourth-order valence-corrected chi connectivity index (χ4v) is 2.37. The molecule has 1 unspecified atom stereocenters. The molecule has 0 aromatic heterocycles. The van der Waals surface area contributed by atoms with E-state index in [1.165, 1.54) is 0 Å². The van der Waals surface area contributed by atoms with Crippen molar-refractivity contribution in [2.24, 2.45) is 0 Å². The van der Waals surface area contributed by atoms with Gasteiger partial charge in [0.1, 0.15) is 5.75 Å². The van der Waals surface area contributed by atoms with Gasteiger partial charge in [0.2, 0.25) is 0 Å². The van der Waals surface area contributed by atoms with E-state index in [1.807, 2.05) is 17.0 Å². The Balaban J connectivity index is 1.91. The summed E-state index contributed by atoms with van der Waals surface area (Å²) < 4.78 is 5.68. The van der Waals surface area contributed by atoms with Crippen LogP contribution in [0.15, 0.2) is 24.3 Å². The minimum Gasteiger partial charge on any atom is -0.479 e. The van der Waals surface area contributed by atoms with Gasteiger partial charge in [0.05, 0.1) is 5.69 Å². The maximum atomic E-state index is 12.4. The molecule has 1 aliphatic rings. The average Bonchev–Trinajstić information content (AvgIpc) is 2.49. The number of hydrogen-bond acceptors (Lipinski definition) is 4. The predicted octanol–water partition coefficient (Wildman–Crippen LogP) is 1.20. The van der Waals surface area contributed by atoms with Crippen molar-refractivity contribution in [3.05, 3.63) is 24.3 Å². The number of hydrogen-bond donors (Lipinski definition) is 1. The van der Waals surface area contributed by atoms with Crippen LogP contribution in [0.25, 0.3) is 0 Å². The van der Waals surface area contributed by atoms with Crippen LogP contribution in [0.2, 0.25) is 0 Å². The van der Waals surface area contributed by atoms with Crippen molar-refractivity contribution in [1.82, 2.24) is 9.80 Å². The lowest BCUT2D eigenvalue weighted by atomic mass is 10.2. The van der Waals surface area contributed by atoms with Gasteiger partial charge in [-0.2, -0.15) is 0 Å². The first kappa shape index (κ1) is 14.7. The Morgan fingerprint density at radius 3 is 2.55 bits per heavy atom. The molecule has 0 radical (unpaired) electrons. The van der Waals surface area contributed by atoms with Crippen molar-refractivity contribution in [3.8, 4) is 5.75 Å². The zero-order valence-electron chi connectivity index (χ0n) is 12.2. The fraction of sp³-hybridized carbons (Fsp3) is 0.533. The van der Waals surface area contributed by atoms with Crippen molar-refractivity contribution in [2.45, 2.75) is 20.0 Å². The van der Waals surface area contributed by atoms with Gasteiger partial charge in [-0.25, -0.2) is 0 Å². The number of likely N-dealkylation sites (N-methyl/N-ethyl adjacent to an activating group) is 1. The lowest BCUT2D eigenvalue weighted by Crippen LogP contribution is -2.51. The molecule has 5 heteroatoms. The highest BCUT2D eigenvalue weighted by Gasteiger charge is 2.25. The van der Waals surface area contributed by atoms with Crippen molar-refractivity contribution < 1.29 is 9.53 Å². The summed E-state index contributed by atoms with van der Waals surface area (Å²) in [5.41, 5.74) is 6.39. The summed E-state index contributed by atoms with van der Waals surface area (Å²) in [6, 6.07) is 7.25. The zero-order valence-corrected chi connectivity index (χ0v) is 12.2. The van der Waals surface area contributed by atoms with Crippen LogP contribution in [0, 0.1) is 0 Å². The van der Waals surface area contributed by atoms with Gasteiger partial charge in [-0.05, 0) is 25.6 Å². The van der Waals surface area contributed by atoms with Gasteiger partial charge in [-0.3, -0.25) is 4.79 Å². The van der Waals surface area contributed by atoms with E-state index < -0.39 is 6.10 Å². The van der Waals surface area contributed by atoms with Crippen molar-refractivity contribution in [1.29, 1.82) is 0 Å². The Labute approximate surface area is 120 Å². The molecule has 1 saturated heterocycles. The van der Waals surface area contributed by atoms with Gasteiger partial charge in [-0.1, -0.05) is 19.1 Å². The summed E-state index contributed by atoms with van der Waals surface area (Å²) in [6.07, 6.45) is -0.507. The SMILES string of the molecule is CCN1CCN(C(=O)C(C)Oc2ccccc2N)CC1. The lowest BCUT2D eigenvalue weighted by molar-refractivity contribution is -0.139. The molecule has 1 heterocycles. The molecule has 2 N–H and O–H groups in total. The van der Waals surface area contributed by atoms with Crippen LogP contribution < -0.4 is 10.5 Å². The second-order valence-electron chi connectivity index (χ2n) is 5.06. The topological polar surface area (TPSA) is 58.8 Å². The number of carbonyl (C=O) groups excluding carboxylic acids is 1. The van der Waals surface area contributed by atoms with E-state index in [9.17, 15) is 4.79 Å². The van der Waals surface area contributed by atoms with Crippen LogP contribution in [-0.4, -0.2) is 54.5 Å². The number of anilines is 1. The number of benzene rings is 1. The first-order chi connectivity index (χ1) is 9.61. The highest BCUT2D eigenvalue weighted by molar-refractivity contribution is 5.81. The van der Waals surface area contributed by atoms with Crippen LogP contribution in [0.3, 0.4) is 0 Å². The molecule has 0 bridgehead atoms. The number of ether oxygens (including phenoxy) is 1. The number of amides is 1. The van der Waals surface area contributed by atoms with Crippen molar-refractivity contribution >= 4 is 11.6 Å². The van der Waals surface area contributed by atoms with Gasteiger partial charge >= 0.3 is 0 Å². The van der Waals surface area contributed by atoms with E-state index in [1.54, 1.807) is 19.1 Å². The number of nitrogens with two attached hydrogens (primary N) is 1. The van der Waals surface area contributed by atoms with Gasteiger partial charge in [-0.15, -0.1) is 0 Å². The molecule has 1 amide bonds. The molecule has 0 spiro atoms. The molecular weight excluding hydrogens is 254 g/mol. The molecule has 1 fully saturated rings. The van der Waals surface area contributed by atoms with E-state index in [-0.39, 0.29) is 5.91 Å². The second kappa shape index (κ2) is 6.61. The van der Waals surface area contributed by atoms with Gasteiger partial charge in [0.15, 0.2) is 6.10 Å². The minimum atomic E-state index is -0.507. The third-order valence-electron chi connectivity index (χ3n) is 3.70. The zero-order chi connectivity index (χ0) is 14.5. The third-order valence-corrected chi connectivity index (χ3v) is 3.70. The molecule has 20 heavy (non-hydrogen) atoms. The summed E-state index contributed by atoms with van der Waals surface area (Å²) >= 11 is 0. The first-order valence-corrected chi connectivity index (χ1v) is 7.14. The fourth-order valence-electron chi connectivity index (χ4n) is 2.37. The van der Waals surface area contributed by atoms with E-state index in [2.05, 4.69) is 11.8 Å². The second-order valence-corrected chi connectivity index (χ2v) is 5.06. The van der Waals surface area contributed by atoms with Gasteiger partial charge in [0.25, 0.3) is 5.91 Å². The molecule has 110 valence electrons. The Morgan fingerprint density at radius 2 is 1.95 bits per heavy atom. The number of piperazine rings is 1. The highest BCUT2D eigenvalue weighted by atomic mass is 16.5. The monoisotopic (exact) mass is 277 g/mol. The molecule has 1 aromatic carbocycles. The normalized spacial score (nSPS) is 17.8. The number of para-hydroxylation sites is 2. The summed E-state index contributed by atoms with van der Waals surface area (Å²) in [4.78, 5) is 16.6. The first-order valence-electron chi connectivity index (χ1n) is 7.14. The Kier molecular flexibility index (Phi) is 4.84. The largest absolute Gasteiger partial charge is 0.479 e. The molecular formula is C15H23N3O2. The highest BCUT2D eigenvalue weighted by Crippen LogP contribution is 2.21. The number of nitrogens with zero attached hydrogens (tertiary/aromatic N) is 2. The number of carbonyl (C=O) groups is 1. The van der Waals surface area contributed by atoms with Crippen LogP contribution in [0.1, 0.15) is 13.8 Å². The quantitative estimate of drug-likeness (QED) is 0.840. The van der Waals surface area contributed by atoms with E-state index >= 15 is 0 Å². The summed E-state index contributed by atoms with van der Waals surface area (Å²) in [7, 11) is 0. The van der Waals surface area contributed by atoms with Crippen LogP contribution in [0.4, 0.5) is 5.69 Å². The minimum absolute atomic E-state index is 0.0315. The summed E-state index contributed by atoms with van der Waals surface area (Å²) in [6.45, 7) is 8.36. The van der Waals surface area contributed by atoms with E-state index in [4.69, 9.17) is 10.5 Å². The summed E-state index contributed by atoms with van der Waals surface area (Å²) in [5, 5.41) is 0. The maximum Gasteiger partial charge on any atom is 0.263 e. The molecule has 1 atom stereocenters. The van der Waals surface area contributed by atoms with Gasteiger partial charge in [0, 0.05) is 26.2 Å². The molecule has 0 saturated carbocycles. The lowest BCUT2D eigenvalue weighted by Gasteiger charge is -2.35. The maximum absolute atomic E-state index is 12.4. The molecule has 1 aromatic rings. The van der Waals surface area contributed by atoms with Crippen molar-refractivity contribution in [2.75, 3.05) is 38.5 Å². The average molecular weight is 277 g/mol. The molecule has 1 aliphatic heterocycles.